The van der Waals surface area contributed by atoms with E-state index in [0.29, 0.717) is 18.0 Å². The third kappa shape index (κ3) is 4.62. The van der Waals surface area contributed by atoms with Crippen molar-refractivity contribution in [1.82, 2.24) is 9.88 Å². The van der Waals surface area contributed by atoms with Gasteiger partial charge in [-0.1, -0.05) is 11.3 Å². The summed E-state index contributed by atoms with van der Waals surface area (Å²) in [5.74, 6) is -0.0102. The van der Waals surface area contributed by atoms with Crippen molar-refractivity contribution in [3.8, 4) is 0 Å². The minimum absolute atomic E-state index is 0.0102. The predicted molar refractivity (Wildman–Crippen MR) is 74.3 cm³/mol. The van der Waals surface area contributed by atoms with Crippen molar-refractivity contribution in [2.75, 3.05) is 32.1 Å². The van der Waals surface area contributed by atoms with Crippen molar-refractivity contribution in [3.05, 3.63) is 11.1 Å². The first-order valence-corrected chi connectivity index (χ1v) is 6.93. The number of nitrogens with zero attached hydrogens (tertiary/aromatic N) is 2. The summed E-state index contributed by atoms with van der Waals surface area (Å²) in [6.07, 6.45) is 1.81. The third-order valence-electron chi connectivity index (χ3n) is 2.27. The molecule has 0 saturated carbocycles. The van der Waals surface area contributed by atoms with Crippen LogP contribution in [-0.4, -0.2) is 48.6 Å². The standard InChI is InChI=1S/C12H21N3O2S/c1-5-13-12-14-8-10(18-12)11(16)15(4)6-7-17-9(2)3/h8-9H,5-7H2,1-4H3,(H,13,14). The van der Waals surface area contributed by atoms with Gasteiger partial charge in [0, 0.05) is 20.1 Å². The first-order chi connectivity index (χ1) is 8.54. The molecule has 0 atom stereocenters. The van der Waals surface area contributed by atoms with Gasteiger partial charge in [0.1, 0.15) is 4.88 Å². The lowest BCUT2D eigenvalue weighted by Gasteiger charge is -2.16. The Balaban J connectivity index is 2.46. The predicted octanol–water partition coefficient (Wildman–Crippen LogP) is 2.07. The Kier molecular flexibility index (Phi) is 6.07. The number of carbonyl (C=O) groups excluding carboxylic acids is 1. The van der Waals surface area contributed by atoms with E-state index >= 15 is 0 Å². The molecule has 6 heteroatoms. The number of hydrogen-bond acceptors (Lipinski definition) is 5. The van der Waals surface area contributed by atoms with Crippen LogP contribution in [-0.2, 0) is 4.74 Å². The van der Waals surface area contributed by atoms with E-state index in [2.05, 4.69) is 10.3 Å². The van der Waals surface area contributed by atoms with Gasteiger partial charge in [-0.15, -0.1) is 0 Å². The number of amides is 1. The van der Waals surface area contributed by atoms with Crippen molar-refractivity contribution in [1.29, 1.82) is 0 Å². The average molecular weight is 271 g/mol. The molecule has 0 aliphatic heterocycles. The second kappa shape index (κ2) is 7.33. The van der Waals surface area contributed by atoms with Gasteiger partial charge in [0.2, 0.25) is 0 Å². The van der Waals surface area contributed by atoms with Crippen LogP contribution in [0.1, 0.15) is 30.4 Å². The van der Waals surface area contributed by atoms with Gasteiger partial charge in [0.15, 0.2) is 5.13 Å². The number of likely N-dealkylation sites (N-methyl/N-ethyl adjacent to an activating group) is 1. The van der Waals surface area contributed by atoms with Crippen molar-refractivity contribution in [2.24, 2.45) is 0 Å². The van der Waals surface area contributed by atoms with Gasteiger partial charge in [-0.2, -0.15) is 0 Å². The highest BCUT2D eigenvalue weighted by Crippen LogP contribution is 2.18. The summed E-state index contributed by atoms with van der Waals surface area (Å²) in [5, 5.41) is 3.88. The first-order valence-electron chi connectivity index (χ1n) is 6.11. The molecule has 102 valence electrons. The zero-order valence-electron chi connectivity index (χ0n) is 11.4. The molecule has 0 aliphatic carbocycles. The smallest absolute Gasteiger partial charge is 0.265 e. The van der Waals surface area contributed by atoms with Gasteiger partial charge in [0.05, 0.1) is 18.9 Å². The van der Waals surface area contributed by atoms with E-state index in [0.717, 1.165) is 11.7 Å². The van der Waals surface area contributed by atoms with Crippen LogP contribution in [0.15, 0.2) is 6.20 Å². The topological polar surface area (TPSA) is 54.5 Å². The van der Waals surface area contributed by atoms with Gasteiger partial charge in [-0.3, -0.25) is 4.79 Å². The molecule has 1 rings (SSSR count). The van der Waals surface area contributed by atoms with E-state index in [1.165, 1.54) is 11.3 Å². The molecule has 18 heavy (non-hydrogen) atoms. The monoisotopic (exact) mass is 271 g/mol. The molecule has 0 fully saturated rings. The zero-order valence-corrected chi connectivity index (χ0v) is 12.2. The van der Waals surface area contributed by atoms with Gasteiger partial charge in [-0.05, 0) is 20.8 Å². The van der Waals surface area contributed by atoms with E-state index in [4.69, 9.17) is 4.74 Å². The van der Waals surface area contributed by atoms with Crippen molar-refractivity contribution >= 4 is 22.4 Å². The summed E-state index contributed by atoms with van der Waals surface area (Å²) in [6.45, 7) is 7.91. The van der Waals surface area contributed by atoms with Gasteiger partial charge in [0.25, 0.3) is 5.91 Å². The number of rotatable bonds is 7. The molecule has 0 aromatic carbocycles. The largest absolute Gasteiger partial charge is 0.377 e. The van der Waals surface area contributed by atoms with Crippen LogP contribution >= 0.6 is 11.3 Å². The summed E-state index contributed by atoms with van der Waals surface area (Å²) in [6, 6.07) is 0. The number of thiazole rings is 1. The van der Waals surface area contributed by atoms with E-state index in [-0.39, 0.29) is 12.0 Å². The fourth-order valence-corrected chi connectivity index (χ4v) is 2.20. The summed E-state index contributed by atoms with van der Waals surface area (Å²) >= 11 is 1.38. The molecule has 0 spiro atoms. The Labute approximate surface area is 112 Å². The maximum Gasteiger partial charge on any atom is 0.265 e. The maximum absolute atomic E-state index is 12.1. The lowest BCUT2D eigenvalue weighted by Crippen LogP contribution is -2.30. The SMILES string of the molecule is CCNc1ncc(C(=O)N(C)CCOC(C)C)s1. The molecule has 1 aromatic rings. The molecule has 1 aromatic heterocycles. The molecular weight excluding hydrogens is 250 g/mol. The minimum atomic E-state index is -0.0102. The molecular formula is C12H21N3O2S. The van der Waals surface area contributed by atoms with Gasteiger partial charge in [-0.25, -0.2) is 4.98 Å². The van der Waals surface area contributed by atoms with Gasteiger partial charge >= 0.3 is 0 Å². The highest BCUT2D eigenvalue weighted by atomic mass is 32.1. The molecule has 1 N–H and O–H groups in total. The zero-order chi connectivity index (χ0) is 13.5. The number of carbonyl (C=O) groups is 1. The molecule has 0 radical (unpaired) electrons. The van der Waals surface area contributed by atoms with Crippen LogP contribution in [0.4, 0.5) is 5.13 Å². The van der Waals surface area contributed by atoms with Crippen molar-refractivity contribution in [2.45, 2.75) is 26.9 Å². The third-order valence-corrected chi connectivity index (χ3v) is 3.21. The van der Waals surface area contributed by atoms with Crippen molar-refractivity contribution < 1.29 is 9.53 Å². The van der Waals surface area contributed by atoms with E-state index in [1.54, 1.807) is 18.1 Å². The van der Waals surface area contributed by atoms with E-state index in [1.807, 2.05) is 20.8 Å². The minimum Gasteiger partial charge on any atom is -0.377 e. The average Bonchev–Trinajstić information content (AvgIpc) is 2.76. The maximum atomic E-state index is 12.1. The Morgan fingerprint density at radius 1 is 1.61 bits per heavy atom. The van der Waals surface area contributed by atoms with Crippen LogP contribution in [0, 0.1) is 0 Å². The quantitative estimate of drug-likeness (QED) is 0.825. The Morgan fingerprint density at radius 2 is 2.33 bits per heavy atom. The Morgan fingerprint density at radius 3 is 2.94 bits per heavy atom. The Bertz CT molecular complexity index is 379. The number of ether oxygens (including phenoxy) is 1. The molecule has 0 bridgehead atoms. The van der Waals surface area contributed by atoms with Crippen LogP contribution in [0.3, 0.4) is 0 Å². The molecule has 5 nitrogen and oxygen atoms in total. The van der Waals surface area contributed by atoms with Crippen LogP contribution in [0.25, 0.3) is 0 Å². The molecule has 0 saturated heterocycles. The lowest BCUT2D eigenvalue weighted by molar-refractivity contribution is 0.0534. The summed E-state index contributed by atoms with van der Waals surface area (Å²) in [5.41, 5.74) is 0. The summed E-state index contributed by atoms with van der Waals surface area (Å²) < 4.78 is 5.42. The Hall–Kier alpha value is -1.14. The number of hydrogen-bond donors (Lipinski definition) is 1. The number of aromatic nitrogens is 1. The molecule has 1 amide bonds. The lowest BCUT2D eigenvalue weighted by atomic mass is 10.4. The van der Waals surface area contributed by atoms with E-state index < -0.39 is 0 Å². The first kappa shape index (κ1) is 14.9. The highest BCUT2D eigenvalue weighted by molar-refractivity contribution is 7.17. The fourth-order valence-electron chi connectivity index (χ4n) is 1.32. The summed E-state index contributed by atoms with van der Waals surface area (Å²) in [7, 11) is 1.78. The fraction of sp³-hybridized carbons (Fsp3) is 0.667. The van der Waals surface area contributed by atoms with Crippen LogP contribution < -0.4 is 5.32 Å². The number of anilines is 1. The van der Waals surface area contributed by atoms with Crippen molar-refractivity contribution in [3.63, 3.8) is 0 Å². The normalized spacial score (nSPS) is 10.7. The van der Waals surface area contributed by atoms with Crippen LogP contribution in [0.5, 0.6) is 0 Å². The van der Waals surface area contributed by atoms with Crippen LogP contribution in [0.2, 0.25) is 0 Å². The molecule has 0 unspecified atom stereocenters. The van der Waals surface area contributed by atoms with Gasteiger partial charge < -0.3 is 15.0 Å². The second-order valence-corrected chi connectivity index (χ2v) is 5.24. The summed E-state index contributed by atoms with van der Waals surface area (Å²) in [4.78, 5) is 18.5. The highest BCUT2D eigenvalue weighted by Gasteiger charge is 2.14. The molecule has 1 heterocycles. The number of nitrogens with one attached hydrogen (secondary N) is 1. The molecule has 0 aliphatic rings. The second-order valence-electron chi connectivity index (χ2n) is 4.21. The van der Waals surface area contributed by atoms with E-state index in [9.17, 15) is 4.79 Å².